The van der Waals surface area contributed by atoms with Gasteiger partial charge in [0.2, 0.25) is 12.0 Å². The van der Waals surface area contributed by atoms with E-state index >= 15 is 0 Å². The van der Waals surface area contributed by atoms with Gasteiger partial charge in [-0.15, -0.1) is 11.3 Å². The minimum absolute atomic E-state index is 0.0287. The molecule has 0 saturated carbocycles. The Morgan fingerprint density at radius 1 is 0.828 bits per heavy atom. The molecule has 3 aromatic heterocycles. The Balaban J connectivity index is 0.946. The molecule has 3 aromatic carbocycles. The first-order chi connectivity index (χ1) is 42.0. The lowest BCUT2D eigenvalue weighted by Crippen LogP contribution is -2.49. The summed E-state index contributed by atoms with van der Waals surface area (Å²) < 4.78 is 81.2. The van der Waals surface area contributed by atoms with E-state index in [4.69, 9.17) is 95.2 Å². The van der Waals surface area contributed by atoms with Crippen LogP contribution >= 0.6 is 34.5 Å². The van der Waals surface area contributed by atoms with Crippen molar-refractivity contribution in [3.05, 3.63) is 111 Å². The summed E-state index contributed by atoms with van der Waals surface area (Å²) in [4.78, 5) is 39.8. The summed E-state index contributed by atoms with van der Waals surface area (Å²) in [6.45, 7) is 21.4. The van der Waals surface area contributed by atoms with Gasteiger partial charge in [0, 0.05) is 68.5 Å². The summed E-state index contributed by atoms with van der Waals surface area (Å²) in [5.41, 5.74) is 4.79. The summed E-state index contributed by atoms with van der Waals surface area (Å²) in [7, 11) is 3.76. The third-order valence-corrected chi connectivity index (χ3v) is 17.4. The Kier molecular flexibility index (Phi) is 23.6. The fourth-order valence-electron chi connectivity index (χ4n) is 10.5. The molecule has 1 saturated heterocycles. The maximum atomic E-state index is 14.7. The number of rotatable bonds is 25. The number of carbonyl (C=O) groups is 1. The number of likely N-dealkylation sites (N-methyl/N-ethyl adjacent to an activating group) is 1. The van der Waals surface area contributed by atoms with Gasteiger partial charge in [0.1, 0.15) is 53.4 Å². The van der Waals surface area contributed by atoms with Crippen LogP contribution in [0.5, 0.6) is 23.1 Å². The maximum Gasteiger partial charge on any atom is 0.348 e. The van der Waals surface area contributed by atoms with Crippen LogP contribution in [0.3, 0.4) is 0 Å². The largest absolute Gasteiger partial charge is 0.490 e. The fraction of sp³-hybridized carbons (Fsp3) is 0.523. The Morgan fingerprint density at radius 3 is 2.14 bits per heavy atom. The number of carbonyl (C=O) groups excluding carboxylic acids is 1. The van der Waals surface area contributed by atoms with E-state index in [-0.39, 0.29) is 36.7 Å². The summed E-state index contributed by atoms with van der Waals surface area (Å²) in [6.07, 6.45) is 6.02. The molecule has 18 nitrogen and oxygen atoms in total. The summed E-state index contributed by atoms with van der Waals surface area (Å²) in [5, 5.41) is 1.14. The summed E-state index contributed by atoms with van der Waals surface area (Å²) >= 11 is 16.3. The van der Waals surface area contributed by atoms with Crippen molar-refractivity contribution in [3.63, 3.8) is 0 Å². The molecule has 470 valence electrons. The highest BCUT2D eigenvalue weighted by molar-refractivity contribution is 7.22. The number of hydrogen-bond donors (Lipinski definition) is 0. The molecule has 0 spiro atoms. The van der Waals surface area contributed by atoms with Crippen LogP contribution in [0.4, 0.5) is 4.39 Å². The molecule has 0 unspecified atom stereocenters. The lowest BCUT2D eigenvalue weighted by atomic mass is 9.77. The molecular weight excluding hydrogens is 1180 g/mol. The monoisotopic (exact) mass is 1260 g/mol. The van der Waals surface area contributed by atoms with Gasteiger partial charge < -0.3 is 57.0 Å². The van der Waals surface area contributed by atoms with Crippen molar-refractivity contribution >= 4 is 56.3 Å². The molecule has 4 bridgehead atoms. The van der Waals surface area contributed by atoms with E-state index < -0.39 is 23.8 Å². The van der Waals surface area contributed by atoms with E-state index in [0.717, 1.165) is 55.9 Å². The van der Waals surface area contributed by atoms with E-state index in [2.05, 4.69) is 29.8 Å². The predicted octanol–water partition coefficient (Wildman–Crippen LogP) is 11.5. The molecule has 0 N–H and O–H groups in total. The zero-order valence-electron chi connectivity index (χ0n) is 51.2. The van der Waals surface area contributed by atoms with E-state index in [1.165, 1.54) is 29.8 Å². The van der Waals surface area contributed by atoms with Crippen molar-refractivity contribution in [2.75, 3.05) is 126 Å². The number of nitrogens with zero attached hydrogens (tertiary/aromatic N) is 6. The number of esters is 1. The number of benzene rings is 3. The summed E-state index contributed by atoms with van der Waals surface area (Å²) in [6, 6.07) is 13.6. The van der Waals surface area contributed by atoms with E-state index in [9.17, 15) is 9.18 Å². The van der Waals surface area contributed by atoms with Gasteiger partial charge in [-0.25, -0.2) is 29.1 Å². The molecule has 22 heteroatoms. The minimum atomic E-state index is -1.28. The van der Waals surface area contributed by atoms with Crippen molar-refractivity contribution < 1.29 is 61.3 Å². The Labute approximate surface area is 523 Å². The zero-order valence-corrected chi connectivity index (χ0v) is 53.5. The second-order valence-corrected chi connectivity index (χ2v) is 25.2. The molecule has 3 aliphatic heterocycles. The van der Waals surface area contributed by atoms with Crippen molar-refractivity contribution in [1.29, 1.82) is 0 Å². The van der Waals surface area contributed by atoms with E-state index in [0.29, 0.717) is 162 Å². The van der Waals surface area contributed by atoms with Crippen LogP contribution in [0, 0.1) is 25.1 Å². The average Bonchev–Trinajstić information content (AvgIpc) is 1.77. The van der Waals surface area contributed by atoms with Gasteiger partial charge in [-0.3, -0.25) is 4.90 Å². The number of aromatic nitrogens is 4. The number of methoxy groups -OCH3 is 1. The van der Waals surface area contributed by atoms with Gasteiger partial charge in [0.25, 0.3) is 0 Å². The van der Waals surface area contributed by atoms with Crippen LogP contribution in [-0.4, -0.2) is 180 Å². The first-order valence-electron chi connectivity index (χ1n) is 29.7. The Hall–Kier alpha value is -5.62. The second-order valence-electron chi connectivity index (χ2n) is 23.4. The number of piperazine rings is 1. The van der Waals surface area contributed by atoms with Gasteiger partial charge in [-0.2, -0.15) is 0 Å². The lowest BCUT2D eigenvalue weighted by molar-refractivity contribution is -0.163. The minimum Gasteiger partial charge on any atom is -0.490 e. The number of fused-ring (bicyclic) bond motifs is 7. The molecule has 10 rings (SSSR count). The Bertz CT molecular complexity index is 3260. The van der Waals surface area contributed by atoms with Crippen LogP contribution in [-0.2, 0) is 51.0 Å². The number of halogens is 3. The normalized spacial score (nSPS) is 18.6. The highest BCUT2D eigenvalue weighted by Crippen LogP contribution is 2.53. The van der Waals surface area contributed by atoms with Crippen molar-refractivity contribution in [1.82, 2.24) is 29.7 Å². The molecular formula is C65H81Cl2FN6O12S. The van der Waals surface area contributed by atoms with Gasteiger partial charge in [0.05, 0.1) is 93.8 Å². The van der Waals surface area contributed by atoms with Gasteiger partial charge in [0.15, 0.2) is 11.6 Å². The van der Waals surface area contributed by atoms with Crippen molar-refractivity contribution in [3.8, 4) is 44.7 Å². The molecule has 3 atom stereocenters. The highest BCUT2D eigenvalue weighted by atomic mass is 35.5. The number of ether oxygens (including phenoxy) is 11. The molecule has 87 heavy (non-hydrogen) atoms. The topological polar surface area (TPSA) is 177 Å². The molecule has 6 heterocycles. The van der Waals surface area contributed by atoms with Crippen LogP contribution in [0.1, 0.15) is 75.2 Å². The number of hydrogen-bond acceptors (Lipinski definition) is 19. The van der Waals surface area contributed by atoms with Gasteiger partial charge in [-0.1, -0.05) is 48.3 Å². The molecule has 0 amide bonds. The Morgan fingerprint density at radius 2 is 1.49 bits per heavy atom. The SMILES string of the molecule is COCCOCCOCCOCCOCCOC[C@@]1(C)CC=C(c2nccc(COc3ccc4cc3C[C@H](C(=O)OC(C)(C)C)Oc3ncnc5sc(-c6ccc(F)cc6)c(c35)-c3c(C)c(Cl)c(c(Cl)c3C)O[C@H](CN3CCN(C)CC3)CO4)n2)CC1. The molecule has 1 aliphatic carbocycles. The van der Waals surface area contributed by atoms with Gasteiger partial charge in [-0.05, 0) is 131 Å². The predicted molar refractivity (Wildman–Crippen MR) is 334 cm³/mol. The van der Waals surface area contributed by atoms with Crippen molar-refractivity contribution in [2.24, 2.45) is 5.41 Å². The lowest BCUT2D eigenvalue weighted by Gasteiger charge is -2.35. The maximum absolute atomic E-state index is 14.7. The fourth-order valence-corrected chi connectivity index (χ4v) is 12.2. The smallest absolute Gasteiger partial charge is 0.348 e. The third kappa shape index (κ3) is 18.1. The third-order valence-electron chi connectivity index (χ3n) is 15.3. The van der Waals surface area contributed by atoms with Crippen LogP contribution in [0.2, 0.25) is 10.0 Å². The molecule has 6 aromatic rings. The van der Waals surface area contributed by atoms with E-state index in [1.807, 2.05) is 38.1 Å². The summed E-state index contributed by atoms with van der Waals surface area (Å²) in [5.74, 6) is 1.04. The molecule has 1 fully saturated rings. The van der Waals surface area contributed by atoms with E-state index in [1.54, 1.807) is 46.2 Å². The highest BCUT2D eigenvalue weighted by Gasteiger charge is 2.35. The van der Waals surface area contributed by atoms with Gasteiger partial charge >= 0.3 is 5.97 Å². The van der Waals surface area contributed by atoms with Crippen LogP contribution in [0.25, 0.3) is 37.4 Å². The number of allylic oxidation sites excluding steroid dienone is 2. The standard InChI is InChI=1S/C65H81Cl2FN6O12S/c1-42-53-43(2)57(67)58(56(42)66)84-50(37-74-23-21-73(7)22-24-74)39-82-49-13-14-51(46(35-49)36-52(63(75)86-64(3,4)5)85-61-55-54(53)59(87-62(55)71-41-70-61)44-9-11-47(68)12-10-44)83-38-48-17-20-69-60(72-48)45-15-18-65(6,19-16-45)40-81-34-33-80-32-31-79-30-29-78-28-27-77-26-25-76-8/h9-15,17,20,35,41,50,52H,16,18-19,21-34,36-40H2,1-8H3/t50-,52-,65+/m1/s1. The van der Waals surface area contributed by atoms with Crippen LogP contribution < -0.4 is 18.9 Å². The number of thiophene rings is 1. The average molecular weight is 1260 g/mol. The quantitative estimate of drug-likeness (QED) is 0.0390. The van der Waals surface area contributed by atoms with Crippen LogP contribution in [0.15, 0.2) is 67.1 Å². The van der Waals surface area contributed by atoms with Crippen molar-refractivity contribution in [2.45, 2.75) is 91.6 Å². The molecule has 0 radical (unpaired) electrons. The zero-order chi connectivity index (χ0) is 61.5. The first-order valence-corrected chi connectivity index (χ1v) is 31.3. The first kappa shape index (κ1) is 65.8. The molecule has 4 aliphatic rings. The second kappa shape index (κ2) is 31.2.